The van der Waals surface area contributed by atoms with E-state index in [1.54, 1.807) is 0 Å². The Bertz CT molecular complexity index is 386. The van der Waals surface area contributed by atoms with Crippen LogP contribution in [0.2, 0.25) is 0 Å². The van der Waals surface area contributed by atoms with E-state index >= 15 is 0 Å². The van der Waals surface area contributed by atoms with Crippen molar-refractivity contribution in [2.24, 2.45) is 0 Å². The third kappa shape index (κ3) is 6.12. The van der Waals surface area contributed by atoms with Crippen LogP contribution < -0.4 is 14.8 Å². The highest BCUT2D eigenvalue weighted by Crippen LogP contribution is 2.17. The monoisotopic (exact) mass is 314 g/mol. The molecular formula is C16H27ClN2O2. The molecule has 1 saturated heterocycles. The van der Waals surface area contributed by atoms with Crippen molar-refractivity contribution in [1.29, 1.82) is 0 Å². The first-order chi connectivity index (χ1) is 9.81. The van der Waals surface area contributed by atoms with Crippen molar-refractivity contribution in [3.8, 4) is 11.5 Å². The van der Waals surface area contributed by atoms with Gasteiger partial charge in [-0.05, 0) is 57.6 Å². The Balaban J connectivity index is 0.00000220. The highest BCUT2D eigenvalue weighted by Gasteiger charge is 2.17. The Kier molecular flexibility index (Phi) is 8.50. The van der Waals surface area contributed by atoms with Gasteiger partial charge in [0.1, 0.15) is 18.1 Å². The summed E-state index contributed by atoms with van der Waals surface area (Å²) in [6.07, 6.45) is 2.56. The highest BCUT2D eigenvalue weighted by atomic mass is 35.5. The maximum absolute atomic E-state index is 5.79. The Morgan fingerprint density at radius 1 is 1.19 bits per heavy atom. The fraction of sp³-hybridized carbons (Fsp3) is 0.625. The van der Waals surface area contributed by atoms with Gasteiger partial charge in [0.15, 0.2) is 0 Å². The largest absolute Gasteiger partial charge is 0.494 e. The average molecular weight is 315 g/mol. The summed E-state index contributed by atoms with van der Waals surface area (Å²) in [6.45, 7) is 6.73. The van der Waals surface area contributed by atoms with Crippen molar-refractivity contribution in [3.63, 3.8) is 0 Å². The fourth-order valence-corrected chi connectivity index (χ4v) is 2.59. The van der Waals surface area contributed by atoms with E-state index in [0.29, 0.717) is 12.6 Å². The molecule has 0 amide bonds. The summed E-state index contributed by atoms with van der Waals surface area (Å²) in [6, 6.07) is 8.48. The molecule has 1 aliphatic heterocycles. The number of halogens is 1. The molecule has 0 bridgehead atoms. The normalized spacial score (nSPS) is 18.9. The summed E-state index contributed by atoms with van der Waals surface area (Å²) in [7, 11) is 2.05. The number of ether oxygens (including phenoxy) is 2. The molecule has 1 heterocycles. The van der Waals surface area contributed by atoms with Crippen LogP contribution in [0.3, 0.4) is 0 Å². The first-order valence-electron chi connectivity index (χ1n) is 7.57. The van der Waals surface area contributed by atoms with Crippen LogP contribution in [0.1, 0.15) is 19.8 Å². The fourth-order valence-electron chi connectivity index (χ4n) is 2.59. The Morgan fingerprint density at radius 3 is 2.48 bits per heavy atom. The second-order valence-electron chi connectivity index (χ2n) is 5.18. The molecule has 2 rings (SSSR count). The second kappa shape index (κ2) is 9.87. The van der Waals surface area contributed by atoms with Gasteiger partial charge in [0.2, 0.25) is 0 Å². The molecule has 1 unspecified atom stereocenters. The van der Waals surface area contributed by atoms with Gasteiger partial charge in [-0.15, -0.1) is 12.4 Å². The standard InChI is InChI=1S/C16H26N2O2.ClH/c1-3-19-15-6-8-16(9-7-15)20-12-11-18-10-4-5-14(13-18)17-2;/h6-9,14,17H,3-5,10-13H2,1-2H3;1H. The minimum absolute atomic E-state index is 0. The van der Waals surface area contributed by atoms with E-state index in [4.69, 9.17) is 9.47 Å². The molecule has 1 N–H and O–H groups in total. The third-order valence-corrected chi connectivity index (χ3v) is 3.72. The smallest absolute Gasteiger partial charge is 0.119 e. The van der Waals surface area contributed by atoms with Crippen molar-refractivity contribution >= 4 is 12.4 Å². The molecule has 4 nitrogen and oxygen atoms in total. The highest BCUT2D eigenvalue weighted by molar-refractivity contribution is 5.85. The van der Waals surface area contributed by atoms with Gasteiger partial charge >= 0.3 is 0 Å². The molecule has 1 aromatic rings. The van der Waals surface area contributed by atoms with Gasteiger partial charge in [0.05, 0.1) is 6.61 Å². The molecule has 1 fully saturated rings. The molecule has 0 aromatic heterocycles. The van der Waals surface area contributed by atoms with Crippen LogP contribution in [0.15, 0.2) is 24.3 Å². The molecule has 21 heavy (non-hydrogen) atoms. The molecule has 0 radical (unpaired) electrons. The van der Waals surface area contributed by atoms with E-state index in [-0.39, 0.29) is 12.4 Å². The number of likely N-dealkylation sites (N-methyl/N-ethyl adjacent to an activating group) is 1. The SMILES string of the molecule is CCOc1ccc(OCCN2CCCC(NC)C2)cc1.Cl. The van der Waals surface area contributed by atoms with Gasteiger partial charge in [-0.1, -0.05) is 0 Å². The van der Waals surface area contributed by atoms with E-state index in [2.05, 4.69) is 10.2 Å². The van der Waals surface area contributed by atoms with Crippen molar-refractivity contribution in [1.82, 2.24) is 10.2 Å². The van der Waals surface area contributed by atoms with Crippen LogP contribution in [-0.2, 0) is 0 Å². The molecule has 1 atom stereocenters. The lowest BCUT2D eigenvalue weighted by Gasteiger charge is -2.32. The van der Waals surface area contributed by atoms with E-state index in [1.807, 2.05) is 38.2 Å². The van der Waals surface area contributed by atoms with Crippen LogP contribution >= 0.6 is 12.4 Å². The Hall–Kier alpha value is -0.970. The molecule has 1 aliphatic rings. The van der Waals surface area contributed by atoms with Gasteiger partial charge in [-0.3, -0.25) is 4.90 Å². The van der Waals surface area contributed by atoms with Gasteiger partial charge in [-0.2, -0.15) is 0 Å². The molecule has 0 saturated carbocycles. The number of hydrogen-bond acceptors (Lipinski definition) is 4. The summed E-state index contributed by atoms with van der Waals surface area (Å²) in [5.41, 5.74) is 0. The Labute approximate surface area is 134 Å². The van der Waals surface area contributed by atoms with Crippen molar-refractivity contribution < 1.29 is 9.47 Å². The average Bonchev–Trinajstić information content (AvgIpc) is 2.50. The van der Waals surface area contributed by atoms with Gasteiger partial charge < -0.3 is 14.8 Å². The molecule has 5 heteroatoms. The number of hydrogen-bond donors (Lipinski definition) is 1. The topological polar surface area (TPSA) is 33.7 Å². The summed E-state index contributed by atoms with van der Waals surface area (Å²) >= 11 is 0. The van der Waals surface area contributed by atoms with Crippen LogP contribution in [-0.4, -0.2) is 50.8 Å². The maximum atomic E-state index is 5.79. The van der Waals surface area contributed by atoms with E-state index in [0.717, 1.165) is 31.2 Å². The lowest BCUT2D eigenvalue weighted by atomic mass is 10.1. The maximum Gasteiger partial charge on any atom is 0.119 e. The van der Waals surface area contributed by atoms with Crippen molar-refractivity contribution in [2.75, 3.05) is 39.9 Å². The lowest BCUT2D eigenvalue weighted by molar-refractivity contribution is 0.162. The predicted molar refractivity (Wildman–Crippen MR) is 88.9 cm³/mol. The third-order valence-electron chi connectivity index (χ3n) is 3.72. The number of rotatable bonds is 7. The predicted octanol–water partition coefficient (Wildman–Crippen LogP) is 2.57. The first kappa shape index (κ1) is 18.1. The van der Waals surface area contributed by atoms with Gasteiger partial charge in [0.25, 0.3) is 0 Å². The molecular weight excluding hydrogens is 288 g/mol. The number of piperidine rings is 1. The van der Waals surface area contributed by atoms with Crippen LogP contribution in [0.4, 0.5) is 0 Å². The molecule has 120 valence electrons. The zero-order valence-electron chi connectivity index (χ0n) is 13.0. The van der Waals surface area contributed by atoms with Crippen molar-refractivity contribution in [3.05, 3.63) is 24.3 Å². The molecule has 1 aromatic carbocycles. The minimum atomic E-state index is 0. The van der Waals surface area contributed by atoms with Gasteiger partial charge in [-0.25, -0.2) is 0 Å². The number of nitrogens with one attached hydrogen (secondary N) is 1. The van der Waals surface area contributed by atoms with Crippen LogP contribution in [0.25, 0.3) is 0 Å². The zero-order chi connectivity index (χ0) is 14.2. The lowest BCUT2D eigenvalue weighted by Crippen LogP contribution is -2.45. The summed E-state index contributed by atoms with van der Waals surface area (Å²) in [5, 5.41) is 3.36. The zero-order valence-corrected chi connectivity index (χ0v) is 13.8. The molecule has 0 aliphatic carbocycles. The second-order valence-corrected chi connectivity index (χ2v) is 5.18. The van der Waals surface area contributed by atoms with E-state index in [9.17, 15) is 0 Å². The Morgan fingerprint density at radius 2 is 1.86 bits per heavy atom. The number of likely N-dealkylation sites (tertiary alicyclic amines) is 1. The summed E-state index contributed by atoms with van der Waals surface area (Å²) in [5.74, 6) is 1.81. The van der Waals surface area contributed by atoms with E-state index < -0.39 is 0 Å². The number of nitrogens with zero attached hydrogens (tertiary/aromatic N) is 1. The summed E-state index contributed by atoms with van der Waals surface area (Å²) in [4.78, 5) is 2.47. The number of benzene rings is 1. The van der Waals surface area contributed by atoms with Crippen LogP contribution in [0, 0.1) is 0 Å². The van der Waals surface area contributed by atoms with Crippen LogP contribution in [0.5, 0.6) is 11.5 Å². The van der Waals surface area contributed by atoms with E-state index in [1.165, 1.54) is 19.4 Å². The summed E-state index contributed by atoms with van der Waals surface area (Å²) < 4.78 is 11.2. The van der Waals surface area contributed by atoms with Gasteiger partial charge in [0, 0.05) is 19.1 Å². The van der Waals surface area contributed by atoms with Crippen molar-refractivity contribution in [2.45, 2.75) is 25.8 Å². The first-order valence-corrected chi connectivity index (χ1v) is 7.57. The quantitative estimate of drug-likeness (QED) is 0.838. The minimum Gasteiger partial charge on any atom is -0.494 e. The molecule has 0 spiro atoms.